The lowest BCUT2D eigenvalue weighted by Gasteiger charge is -2.13. The first-order valence-corrected chi connectivity index (χ1v) is 6.73. The third kappa shape index (κ3) is 3.63. The molecule has 0 radical (unpaired) electrons. The lowest BCUT2D eigenvalue weighted by molar-refractivity contribution is -0.115. The van der Waals surface area contributed by atoms with Crippen molar-refractivity contribution in [3.05, 3.63) is 53.6 Å². The number of hydrogen-bond donors (Lipinski definition) is 1. The van der Waals surface area contributed by atoms with Crippen molar-refractivity contribution in [1.29, 1.82) is 0 Å². The fourth-order valence-corrected chi connectivity index (χ4v) is 2.08. The monoisotopic (exact) mass is 299 g/mol. The first-order valence-electron chi connectivity index (χ1n) is 6.73. The highest BCUT2D eigenvalue weighted by molar-refractivity contribution is 5.98. The fraction of sp³-hybridized carbons (Fsp3) is 0.176. The highest BCUT2D eigenvalue weighted by Gasteiger charge is 2.13. The van der Waals surface area contributed by atoms with Crippen LogP contribution in [0.4, 0.5) is 5.69 Å². The molecular weight excluding hydrogens is 282 g/mol. The Morgan fingerprint density at radius 3 is 2.32 bits per heavy atom. The number of benzene rings is 2. The van der Waals surface area contributed by atoms with Crippen LogP contribution in [0.15, 0.2) is 42.5 Å². The molecule has 5 heteroatoms. The number of carbonyl (C=O) groups is 2. The van der Waals surface area contributed by atoms with Crippen LogP contribution in [0.5, 0.6) is 11.5 Å². The number of ether oxygens (including phenoxy) is 2. The lowest BCUT2D eigenvalue weighted by Crippen LogP contribution is -2.15. The van der Waals surface area contributed by atoms with Gasteiger partial charge in [0.25, 0.3) is 0 Å². The summed E-state index contributed by atoms with van der Waals surface area (Å²) in [6.07, 6.45) is 0.896. The van der Waals surface area contributed by atoms with E-state index >= 15 is 0 Å². The summed E-state index contributed by atoms with van der Waals surface area (Å²) >= 11 is 0. The molecule has 0 spiro atoms. The Bertz CT molecular complexity index is 668. The van der Waals surface area contributed by atoms with E-state index in [0.717, 1.165) is 5.56 Å². The minimum Gasteiger partial charge on any atom is -0.493 e. The summed E-state index contributed by atoms with van der Waals surface area (Å²) in [6, 6.07) is 12.5. The topological polar surface area (TPSA) is 64.6 Å². The van der Waals surface area contributed by atoms with Gasteiger partial charge in [-0.2, -0.15) is 0 Å². The number of carbonyl (C=O) groups excluding carboxylic acids is 2. The molecule has 1 amide bonds. The van der Waals surface area contributed by atoms with Crippen LogP contribution in [0.1, 0.15) is 15.9 Å². The van der Waals surface area contributed by atoms with E-state index < -0.39 is 0 Å². The molecule has 22 heavy (non-hydrogen) atoms. The predicted octanol–water partition coefficient (Wildman–Crippen LogP) is 2.70. The molecule has 0 saturated heterocycles. The van der Waals surface area contributed by atoms with Crippen molar-refractivity contribution in [2.24, 2.45) is 0 Å². The smallest absolute Gasteiger partial charge is 0.228 e. The van der Waals surface area contributed by atoms with E-state index in [1.807, 2.05) is 30.3 Å². The van der Waals surface area contributed by atoms with Crippen LogP contribution in [0, 0.1) is 0 Å². The molecule has 0 aliphatic heterocycles. The highest BCUT2D eigenvalue weighted by Crippen LogP contribution is 2.32. The van der Waals surface area contributed by atoms with Gasteiger partial charge in [0, 0.05) is 11.6 Å². The molecule has 2 aromatic rings. The zero-order chi connectivity index (χ0) is 15.9. The zero-order valence-electron chi connectivity index (χ0n) is 12.5. The maximum atomic E-state index is 12.1. The molecule has 0 aromatic heterocycles. The quantitative estimate of drug-likeness (QED) is 0.833. The highest BCUT2D eigenvalue weighted by atomic mass is 16.5. The molecule has 0 saturated carbocycles. The van der Waals surface area contributed by atoms with Crippen molar-refractivity contribution >= 4 is 17.9 Å². The lowest BCUT2D eigenvalue weighted by atomic mass is 10.1. The van der Waals surface area contributed by atoms with Crippen LogP contribution in [0.2, 0.25) is 0 Å². The second kappa shape index (κ2) is 7.26. The molecule has 0 bridgehead atoms. The van der Waals surface area contributed by atoms with Gasteiger partial charge in [-0.25, -0.2) is 0 Å². The Labute approximate surface area is 128 Å². The Hall–Kier alpha value is -2.82. The number of aldehydes is 1. The second-order valence-electron chi connectivity index (χ2n) is 4.62. The maximum absolute atomic E-state index is 12.1. The van der Waals surface area contributed by atoms with Gasteiger partial charge < -0.3 is 14.8 Å². The molecule has 5 nitrogen and oxygen atoms in total. The van der Waals surface area contributed by atoms with E-state index in [1.165, 1.54) is 20.3 Å². The molecule has 1 N–H and O–H groups in total. The summed E-state index contributed by atoms with van der Waals surface area (Å²) in [7, 11) is 2.98. The maximum Gasteiger partial charge on any atom is 0.228 e. The van der Waals surface area contributed by atoms with Crippen molar-refractivity contribution in [3.63, 3.8) is 0 Å². The normalized spacial score (nSPS) is 9.91. The number of hydrogen-bond acceptors (Lipinski definition) is 4. The van der Waals surface area contributed by atoms with E-state index in [4.69, 9.17) is 9.47 Å². The van der Waals surface area contributed by atoms with Gasteiger partial charge in [-0.3, -0.25) is 9.59 Å². The minimum absolute atomic E-state index is 0.207. The van der Waals surface area contributed by atoms with Crippen LogP contribution in [-0.4, -0.2) is 26.4 Å². The number of amides is 1. The van der Waals surface area contributed by atoms with Gasteiger partial charge in [-0.1, -0.05) is 30.3 Å². The summed E-state index contributed by atoms with van der Waals surface area (Å²) in [5.74, 6) is 0.676. The summed E-state index contributed by atoms with van der Waals surface area (Å²) in [5, 5.41) is 2.73. The summed E-state index contributed by atoms with van der Waals surface area (Å²) in [4.78, 5) is 23.3. The standard InChI is InChI=1S/C17H17NO4/c1-21-15-9-13(11-19)14(10-16(15)22-2)18-17(20)8-12-6-4-3-5-7-12/h3-7,9-11H,8H2,1-2H3,(H,18,20). The van der Waals surface area contributed by atoms with Gasteiger partial charge in [-0.05, 0) is 11.6 Å². The van der Waals surface area contributed by atoms with Crippen LogP contribution in [-0.2, 0) is 11.2 Å². The van der Waals surface area contributed by atoms with Gasteiger partial charge >= 0.3 is 0 Å². The Morgan fingerprint density at radius 2 is 1.73 bits per heavy atom. The molecule has 2 rings (SSSR count). The van der Waals surface area contributed by atoms with Gasteiger partial charge in [0.1, 0.15) is 0 Å². The molecule has 2 aromatic carbocycles. The Kier molecular flexibility index (Phi) is 5.14. The number of rotatable bonds is 6. The first kappa shape index (κ1) is 15.6. The van der Waals surface area contributed by atoms with Crippen LogP contribution >= 0.6 is 0 Å². The third-order valence-corrected chi connectivity index (χ3v) is 3.16. The van der Waals surface area contributed by atoms with E-state index in [-0.39, 0.29) is 12.3 Å². The number of nitrogens with one attached hydrogen (secondary N) is 1. The van der Waals surface area contributed by atoms with Gasteiger partial charge in [-0.15, -0.1) is 0 Å². The molecule has 0 unspecified atom stereocenters. The minimum atomic E-state index is -0.207. The summed E-state index contributed by atoms with van der Waals surface area (Å²) < 4.78 is 10.3. The van der Waals surface area contributed by atoms with E-state index in [0.29, 0.717) is 29.0 Å². The van der Waals surface area contributed by atoms with Crippen molar-refractivity contribution in [3.8, 4) is 11.5 Å². The predicted molar refractivity (Wildman–Crippen MR) is 83.7 cm³/mol. The second-order valence-corrected chi connectivity index (χ2v) is 4.62. The average Bonchev–Trinajstić information content (AvgIpc) is 2.55. The summed E-state index contributed by atoms with van der Waals surface area (Å²) in [6.45, 7) is 0. The largest absolute Gasteiger partial charge is 0.493 e. The molecule has 0 atom stereocenters. The molecule has 0 aliphatic carbocycles. The van der Waals surface area contributed by atoms with Crippen molar-refractivity contribution in [2.45, 2.75) is 6.42 Å². The number of methoxy groups -OCH3 is 2. The van der Waals surface area contributed by atoms with Crippen LogP contribution in [0.3, 0.4) is 0 Å². The summed E-state index contributed by atoms with van der Waals surface area (Å²) in [5.41, 5.74) is 1.63. The van der Waals surface area contributed by atoms with Crippen molar-refractivity contribution in [2.75, 3.05) is 19.5 Å². The number of anilines is 1. The van der Waals surface area contributed by atoms with Gasteiger partial charge in [0.05, 0.1) is 26.3 Å². The van der Waals surface area contributed by atoms with Gasteiger partial charge in [0.15, 0.2) is 17.8 Å². The molecule has 0 aliphatic rings. The average molecular weight is 299 g/mol. The fourth-order valence-electron chi connectivity index (χ4n) is 2.08. The molecular formula is C17H17NO4. The van der Waals surface area contributed by atoms with Crippen molar-refractivity contribution < 1.29 is 19.1 Å². The Balaban J connectivity index is 2.21. The van der Waals surface area contributed by atoms with E-state index in [9.17, 15) is 9.59 Å². The molecule has 0 fully saturated rings. The van der Waals surface area contributed by atoms with Crippen LogP contribution < -0.4 is 14.8 Å². The van der Waals surface area contributed by atoms with Crippen molar-refractivity contribution in [1.82, 2.24) is 0 Å². The first-order chi connectivity index (χ1) is 10.7. The molecule has 0 heterocycles. The van der Waals surface area contributed by atoms with Crippen LogP contribution in [0.25, 0.3) is 0 Å². The third-order valence-electron chi connectivity index (χ3n) is 3.16. The molecule has 114 valence electrons. The van der Waals surface area contributed by atoms with Gasteiger partial charge in [0.2, 0.25) is 5.91 Å². The van der Waals surface area contributed by atoms with E-state index in [2.05, 4.69) is 5.32 Å². The Morgan fingerprint density at radius 1 is 1.09 bits per heavy atom. The SMILES string of the molecule is COc1cc(C=O)c(NC(=O)Cc2ccccc2)cc1OC. The van der Waals surface area contributed by atoms with E-state index in [1.54, 1.807) is 6.07 Å². The zero-order valence-corrected chi connectivity index (χ0v) is 12.5.